The van der Waals surface area contributed by atoms with Gasteiger partial charge in [0.2, 0.25) is 0 Å². The highest BCUT2D eigenvalue weighted by Crippen LogP contribution is 2.34. The molecule has 20 heavy (non-hydrogen) atoms. The molecule has 0 radical (unpaired) electrons. The Hall–Kier alpha value is -1.22. The number of rotatable bonds is 2. The van der Waals surface area contributed by atoms with E-state index in [4.69, 9.17) is 0 Å². The fourth-order valence-corrected chi connectivity index (χ4v) is 3.12. The molecular weight excluding hydrogens is 317 g/mol. The molecule has 1 aromatic carbocycles. The molecule has 0 spiro atoms. The van der Waals surface area contributed by atoms with Crippen molar-refractivity contribution in [1.29, 1.82) is 0 Å². The summed E-state index contributed by atoms with van der Waals surface area (Å²) in [5.74, 6) is 0.0623. The predicted molar refractivity (Wildman–Crippen MR) is 66.3 cm³/mol. The van der Waals surface area contributed by atoms with Crippen LogP contribution in [-0.2, 0) is 10.1 Å². The number of carbonyl (C=O) groups excluding carboxylic acids is 1. The average Bonchev–Trinajstić information content (AvgIpc) is 2.49. The van der Waals surface area contributed by atoms with Crippen molar-refractivity contribution in [3.05, 3.63) is 23.8 Å². The minimum atomic E-state index is -5.69. The molecule has 1 heterocycles. The minimum Gasteiger partial charge on any atom is -0.376 e. The van der Waals surface area contributed by atoms with Crippen LogP contribution in [0.5, 0.6) is 5.75 Å². The third kappa shape index (κ3) is 3.09. The average molecular weight is 326 g/mol. The monoisotopic (exact) mass is 326 g/mol. The molecule has 0 amide bonds. The maximum atomic E-state index is 12.2. The highest BCUT2D eigenvalue weighted by molar-refractivity contribution is 7.99. The van der Waals surface area contributed by atoms with Gasteiger partial charge in [-0.25, -0.2) is 0 Å². The Morgan fingerprint density at radius 3 is 2.60 bits per heavy atom. The third-order valence-electron chi connectivity index (χ3n) is 2.55. The molecule has 2 rings (SSSR count). The zero-order valence-electron chi connectivity index (χ0n) is 9.94. The van der Waals surface area contributed by atoms with Gasteiger partial charge in [0.1, 0.15) is 5.75 Å². The zero-order chi connectivity index (χ0) is 15.0. The van der Waals surface area contributed by atoms with Crippen molar-refractivity contribution in [3.63, 3.8) is 0 Å². The van der Waals surface area contributed by atoms with Crippen molar-refractivity contribution in [2.45, 2.75) is 23.2 Å². The van der Waals surface area contributed by atoms with Crippen LogP contribution in [0.25, 0.3) is 0 Å². The third-order valence-corrected chi connectivity index (χ3v) is 4.67. The molecule has 0 saturated heterocycles. The van der Waals surface area contributed by atoms with E-state index in [1.807, 2.05) is 0 Å². The Kier molecular flexibility index (Phi) is 4.01. The number of carbonyl (C=O) groups is 1. The Morgan fingerprint density at radius 1 is 1.25 bits per heavy atom. The van der Waals surface area contributed by atoms with Crippen molar-refractivity contribution in [2.24, 2.45) is 0 Å². The molecule has 0 unspecified atom stereocenters. The van der Waals surface area contributed by atoms with E-state index < -0.39 is 21.4 Å². The molecule has 9 heteroatoms. The summed E-state index contributed by atoms with van der Waals surface area (Å²) in [4.78, 5) is 12.1. The highest BCUT2D eigenvalue weighted by atomic mass is 32.2. The van der Waals surface area contributed by atoms with Crippen molar-refractivity contribution < 1.29 is 30.6 Å². The molecule has 1 aliphatic heterocycles. The van der Waals surface area contributed by atoms with Crippen LogP contribution in [0.15, 0.2) is 23.1 Å². The fourth-order valence-electron chi connectivity index (χ4n) is 1.63. The second-order valence-electron chi connectivity index (χ2n) is 4.02. The van der Waals surface area contributed by atoms with Crippen LogP contribution in [0.3, 0.4) is 0 Å². The molecule has 4 nitrogen and oxygen atoms in total. The lowest BCUT2D eigenvalue weighted by molar-refractivity contribution is -0.0500. The molecule has 0 saturated carbocycles. The Morgan fingerprint density at radius 2 is 1.95 bits per heavy atom. The highest BCUT2D eigenvalue weighted by Gasteiger charge is 2.48. The van der Waals surface area contributed by atoms with Gasteiger partial charge in [0.15, 0.2) is 5.78 Å². The maximum Gasteiger partial charge on any atom is 0.534 e. The normalized spacial score (nSPS) is 16.4. The zero-order valence-corrected chi connectivity index (χ0v) is 11.6. The van der Waals surface area contributed by atoms with Gasteiger partial charge in [-0.1, -0.05) is 0 Å². The van der Waals surface area contributed by atoms with Crippen molar-refractivity contribution in [1.82, 2.24) is 0 Å². The van der Waals surface area contributed by atoms with Gasteiger partial charge < -0.3 is 4.18 Å². The van der Waals surface area contributed by atoms with Crippen molar-refractivity contribution in [2.75, 3.05) is 5.75 Å². The number of hydrogen-bond donors (Lipinski definition) is 0. The summed E-state index contributed by atoms with van der Waals surface area (Å²) < 4.78 is 62.5. The van der Waals surface area contributed by atoms with Gasteiger partial charge in [-0.05, 0) is 30.4 Å². The van der Waals surface area contributed by atoms with Crippen LogP contribution >= 0.6 is 11.8 Å². The first-order valence-electron chi connectivity index (χ1n) is 5.51. The molecule has 0 N–H and O–H groups in total. The van der Waals surface area contributed by atoms with Crippen molar-refractivity contribution >= 4 is 27.7 Å². The smallest absolute Gasteiger partial charge is 0.376 e. The number of Topliss-reactive ketones (excluding diaryl/α,β-unsaturated/α-hetero) is 1. The van der Waals surface area contributed by atoms with Gasteiger partial charge >= 0.3 is 15.6 Å². The quantitative estimate of drug-likeness (QED) is 0.618. The summed E-state index contributed by atoms with van der Waals surface area (Å²) in [7, 11) is -5.69. The van der Waals surface area contributed by atoms with Crippen molar-refractivity contribution in [3.8, 4) is 5.75 Å². The van der Waals surface area contributed by atoms with Crippen LogP contribution in [0.2, 0.25) is 0 Å². The SMILES string of the molecule is O=C1CCCSc2cc(OS(=O)(=O)C(F)(F)F)ccc21. The predicted octanol–water partition coefficient (Wildman–Crippen LogP) is 2.98. The molecule has 110 valence electrons. The molecule has 1 aliphatic rings. The first-order chi connectivity index (χ1) is 9.21. The summed E-state index contributed by atoms with van der Waals surface area (Å²) in [6.07, 6.45) is 1.02. The Bertz CT molecular complexity index is 638. The number of thioether (sulfide) groups is 1. The summed E-state index contributed by atoms with van der Waals surface area (Å²) >= 11 is 1.28. The first kappa shape index (κ1) is 15.2. The van der Waals surface area contributed by atoms with Gasteiger partial charge in [0.05, 0.1) is 0 Å². The van der Waals surface area contributed by atoms with Crippen LogP contribution in [0, 0.1) is 0 Å². The van der Waals surface area contributed by atoms with E-state index >= 15 is 0 Å². The van der Waals surface area contributed by atoms with E-state index in [1.54, 1.807) is 0 Å². The minimum absolute atomic E-state index is 0.116. The topological polar surface area (TPSA) is 60.4 Å². The number of fused-ring (bicyclic) bond motifs is 1. The summed E-state index contributed by atoms with van der Waals surface area (Å²) in [5, 5.41) is 0. The maximum absolute atomic E-state index is 12.2. The van der Waals surface area contributed by atoms with E-state index in [0.717, 1.165) is 12.1 Å². The number of ketones is 1. The number of halogens is 3. The lowest BCUT2D eigenvalue weighted by Gasteiger charge is -2.11. The molecule has 0 atom stereocenters. The van der Waals surface area contributed by atoms with E-state index in [9.17, 15) is 26.4 Å². The molecule has 0 bridgehead atoms. The second kappa shape index (κ2) is 5.28. The summed E-state index contributed by atoms with van der Waals surface area (Å²) in [6.45, 7) is 0. The molecule has 0 fully saturated rings. The van der Waals surface area contributed by atoms with Gasteiger partial charge in [-0.3, -0.25) is 4.79 Å². The molecule has 0 aliphatic carbocycles. The second-order valence-corrected chi connectivity index (χ2v) is 6.69. The van der Waals surface area contributed by atoms with Gasteiger partial charge in [-0.2, -0.15) is 21.6 Å². The molecular formula is C11H9F3O4S2. The van der Waals surface area contributed by atoms with Crippen LogP contribution in [-0.4, -0.2) is 25.5 Å². The lowest BCUT2D eigenvalue weighted by Crippen LogP contribution is -2.28. The number of alkyl halides is 3. The molecule has 0 aromatic heterocycles. The van der Waals surface area contributed by atoms with E-state index in [1.165, 1.54) is 17.8 Å². The standard InChI is InChI=1S/C11H9F3O4S2/c12-11(13,14)20(16,17)18-7-3-4-8-9(15)2-1-5-19-10(8)6-7/h3-4,6H,1-2,5H2. The van der Waals surface area contributed by atoms with Crippen LogP contribution in [0.4, 0.5) is 13.2 Å². The molecule has 1 aromatic rings. The fraction of sp³-hybridized carbons (Fsp3) is 0.364. The first-order valence-corrected chi connectivity index (χ1v) is 7.91. The summed E-state index contributed by atoms with van der Waals surface area (Å²) in [6, 6.07) is 3.48. The Labute approximate surface area is 117 Å². The lowest BCUT2D eigenvalue weighted by atomic mass is 10.1. The van der Waals surface area contributed by atoms with E-state index in [-0.39, 0.29) is 5.78 Å². The van der Waals surface area contributed by atoms with Crippen LogP contribution < -0.4 is 4.18 Å². The summed E-state index contributed by atoms with van der Waals surface area (Å²) in [5.41, 5.74) is -5.10. The van der Waals surface area contributed by atoms with E-state index in [0.29, 0.717) is 29.1 Å². The largest absolute Gasteiger partial charge is 0.534 e. The van der Waals surface area contributed by atoms with E-state index in [2.05, 4.69) is 4.18 Å². The van der Waals surface area contributed by atoms with Gasteiger partial charge in [0.25, 0.3) is 0 Å². The number of hydrogen-bond acceptors (Lipinski definition) is 5. The number of benzene rings is 1. The Balaban J connectivity index is 2.33. The van der Waals surface area contributed by atoms with Crippen LogP contribution in [0.1, 0.15) is 23.2 Å². The van der Waals surface area contributed by atoms with Gasteiger partial charge in [-0.15, -0.1) is 11.8 Å². The van der Waals surface area contributed by atoms with Gasteiger partial charge in [0, 0.05) is 16.9 Å².